The Hall–Kier alpha value is -3.63. The second-order valence-electron chi connectivity index (χ2n) is 15.0. The zero-order valence-corrected chi connectivity index (χ0v) is 29.2. The third-order valence-corrected chi connectivity index (χ3v) is 12.8. The van der Waals surface area contributed by atoms with Crippen LogP contribution in [0.5, 0.6) is 5.75 Å². The number of carbonyl (C=O) groups excluding carboxylic acids is 2. The number of allylic oxidation sites excluding steroid dienone is 5. The van der Waals surface area contributed by atoms with E-state index in [0.29, 0.717) is 30.0 Å². The van der Waals surface area contributed by atoms with Gasteiger partial charge >= 0.3 is 0 Å². The normalized spacial score (nSPS) is 27.0. The first-order valence-corrected chi connectivity index (χ1v) is 19.2. The molecule has 3 unspecified atom stereocenters. The van der Waals surface area contributed by atoms with Crippen LogP contribution in [0, 0.1) is 5.92 Å². The van der Waals surface area contributed by atoms with Gasteiger partial charge in [-0.3, -0.25) is 9.59 Å². The first kappa shape index (κ1) is 31.6. The van der Waals surface area contributed by atoms with Gasteiger partial charge in [-0.1, -0.05) is 43.1 Å². The van der Waals surface area contributed by atoms with Crippen LogP contribution in [0.1, 0.15) is 88.3 Å². The number of benzene rings is 1. The molecule has 3 fully saturated rings. The van der Waals surface area contributed by atoms with E-state index in [4.69, 9.17) is 4.74 Å². The number of hydrogen-bond donors (Lipinski definition) is 1. The molecule has 1 aromatic carbocycles. The Morgan fingerprint density at radius 2 is 1.75 bits per heavy atom. The summed E-state index contributed by atoms with van der Waals surface area (Å²) in [6, 6.07) is 6.98. The first-order chi connectivity index (χ1) is 23.1. The van der Waals surface area contributed by atoms with Gasteiger partial charge < -0.3 is 19.1 Å². The van der Waals surface area contributed by atoms with Gasteiger partial charge in [0.1, 0.15) is 5.75 Å². The fraction of sp³-hybridized carbons (Fsp3) is 0.526. The average Bonchev–Trinajstić information content (AvgIpc) is 3.58. The fourth-order valence-electron chi connectivity index (χ4n) is 9.69. The van der Waals surface area contributed by atoms with E-state index in [0.717, 1.165) is 83.2 Å². The summed E-state index contributed by atoms with van der Waals surface area (Å²) in [6.07, 6.45) is 12.8. The van der Waals surface area contributed by atoms with Gasteiger partial charge in [-0.2, -0.15) is 0 Å². The number of amides is 2. The van der Waals surface area contributed by atoms with Gasteiger partial charge in [0.05, 0.1) is 24.1 Å². The molecule has 8 rings (SSSR count). The summed E-state index contributed by atoms with van der Waals surface area (Å²) in [5, 5.41) is 2.13. The van der Waals surface area contributed by atoms with Gasteiger partial charge in [-0.25, -0.2) is 13.1 Å². The number of nitrogens with one attached hydrogen (secondary N) is 1. The first-order valence-electron chi connectivity index (χ1n) is 17.6. The number of rotatable bonds is 6. The highest BCUT2D eigenvalue weighted by molar-refractivity contribution is 7.93. The van der Waals surface area contributed by atoms with E-state index < -0.39 is 15.9 Å². The maximum atomic E-state index is 14.8. The standard InChI is InChI=1S/C38H46N4O5S/c1-22(2)21-48(45,46)39-37(43)35-30-20-41-31(17-29-32(47-4)16-15-26(36(29)41)23-9-6-5-7-10-23)33-27(34(30)35)11-8-12-28(33)38(44)42-24-13-14-25(42)19-40(3)18-24/h8,11,15-17,21,23-25,28,33H,5-7,9-10,12-14,18-20H2,1-4H3,(H,39,43)/t24?,25?,28-,33?/m1/s1. The molecule has 10 heteroatoms. The molecular formula is C38H46N4O5S. The van der Waals surface area contributed by atoms with Crippen LogP contribution in [0.25, 0.3) is 10.9 Å². The summed E-state index contributed by atoms with van der Waals surface area (Å²) in [5.41, 5.74) is 7.13. The number of nitrogens with zero attached hydrogens (tertiary/aromatic N) is 3. The molecule has 4 atom stereocenters. The Kier molecular flexibility index (Phi) is 7.75. The number of likely N-dealkylation sites (N-methyl/N-ethyl adjacent to an activating group) is 1. The lowest BCUT2D eigenvalue weighted by Gasteiger charge is -2.43. The van der Waals surface area contributed by atoms with Gasteiger partial charge in [0.2, 0.25) is 5.91 Å². The lowest BCUT2D eigenvalue weighted by Crippen LogP contribution is -2.56. The van der Waals surface area contributed by atoms with E-state index in [1.807, 2.05) is 0 Å². The summed E-state index contributed by atoms with van der Waals surface area (Å²) < 4.78 is 36.3. The molecule has 3 aliphatic carbocycles. The second kappa shape index (κ2) is 11.8. The van der Waals surface area contributed by atoms with Crippen LogP contribution in [0.2, 0.25) is 0 Å². The van der Waals surface area contributed by atoms with E-state index in [-0.39, 0.29) is 29.8 Å². The van der Waals surface area contributed by atoms with Crippen molar-refractivity contribution < 1.29 is 22.7 Å². The fourth-order valence-corrected chi connectivity index (χ4v) is 10.7. The van der Waals surface area contributed by atoms with Crippen molar-refractivity contribution >= 4 is 32.7 Å². The molecule has 2 amide bonds. The predicted molar refractivity (Wildman–Crippen MR) is 186 cm³/mol. The third-order valence-electron chi connectivity index (χ3n) is 11.6. The highest BCUT2D eigenvalue weighted by Gasteiger charge is 2.50. The number of ether oxygens (including phenoxy) is 1. The van der Waals surface area contributed by atoms with E-state index in [1.54, 1.807) is 21.0 Å². The minimum Gasteiger partial charge on any atom is -0.496 e. The van der Waals surface area contributed by atoms with Crippen molar-refractivity contribution in [1.29, 1.82) is 0 Å². The van der Waals surface area contributed by atoms with Gasteiger partial charge in [-0.15, -0.1) is 0 Å². The summed E-state index contributed by atoms with van der Waals surface area (Å²) in [5.74, 6) is 0.224. The Morgan fingerprint density at radius 3 is 2.44 bits per heavy atom. The van der Waals surface area contributed by atoms with Crippen molar-refractivity contribution in [3.8, 4) is 5.75 Å². The molecule has 48 heavy (non-hydrogen) atoms. The molecule has 254 valence electrons. The maximum absolute atomic E-state index is 14.8. The zero-order chi connectivity index (χ0) is 33.5. The molecule has 0 spiro atoms. The number of piperazine rings is 1. The number of aromatic nitrogens is 1. The highest BCUT2D eigenvalue weighted by Crippen LogP contribution is 2.55. The van der Waals surface area contributed by atoms with E-state index >= 15 is 0 Å². The van der Waals surface area contributed by atoms with Crippen molar-refractivity contribution in [2.75, 3.05) is 27.2 Å². The number of fused-ring (bicyclic) bond motifs is 8. The maximum Gasteiger partial charge on any atom is 0.265 e. The SMILES string of the molecule is COc1ccc(C2CCCCC2)c2c1cc1n2CC2=C(C(=O)NS(=O)(=O)C=C(C)C)C2=C2C=CC[C@@H](C(=O)N3C4CCC3CN(C)C4)C21. The lowest BCUT2D eigenvalue weighted by atomic mass is 9.75. The molecule has 2 aromatic rings. The Balaban J connectivity index is 1.29. The molecule has 1 saturated carbocycles. The monoisotopic (exact) mass is 670 g/mol. The molecule has 2 bridgehead atoms. The van der Waals surface area contributed by atoms with Crippen LogP contribution in [0.4, 0.5) is 0 Å². The number of methoxy groups -OCH3 is 1. The Bertz CT molecular complexity index is 1940. The molecule has 3 aliphatic heterocycles. The van der Waals surface area contributed by atoms with E-state index in [1.165, 1.54) is 24.8 Å². The minimum absolute atomic E-state index is 0.195. The number of sulfonamides is 1. The number of hydrogen-bond acceptors (Lipinski definition) is 6. The number of carbonyl (C=O) groups is 2. The van der Waals surface area contributed by atoms with Crippen LogP contribution < -0.4 is 9.46 Å². The summed E-state index contributed by atoms with van der Waals surface area (Å²) in [7, 11) is -0.103. The summed E-state index contributed by atoms with van der Waals surface area (Å²) in [4.78, 5) is 33.1. The largest absolute Gasteiger partial charge is 0.496 e. The van der Waals surface area contributed by atoms with Gasteiger partial charge in [0.15, 0.2) is 0 Å². The Morgan fingerprint density at radius 1 is 1.02 bits per heavy atom. The zero-order valence-electron chi connectivity index (χ0n) is 28.4. The minimum atomic E-state index is -3.95. The van der Waals surface area contributed by atoms with Gasteiger partial charge in [0.25, 0.3) is 15.9 Å². The molecule has 9 nitrogen and oxygen atoms in total. The van der Waals surface area contributed by atoms with Crippen molar-refractivity contribution in [3.63, 3.8) is 0 Å². The molecule has 4 heterocycles. The number of likely N-dealkylation sites (tertiary alicyclic amines) is 1. The molecular weight excluding hydrogens is 625 g/mol. The van der Waals surface area contributed by atoms with Crippen molar-refractivity contribution in [3.05, 3.63) is 74.9 Å². The van der Waals surface area contributed by atoms with Crippen molar-refractivity contribution in [2.24, 2.45) is 5.92 Å². The second-order valence-corrected chi connectivity index (χ2v) is 16.6. The molecule has 0 radical (unpaired) electrons. The molecule has 1 N–H and O–H groups in total. The molecule has 6 aliphatic rings. The predicted octanol–water partition coefficient (Wildman–Crippen LogP) is 5.65. The van der Waals surface area contributed by atoms with Crippen LogP contribution in [0.3, 0.4) is 0 Å². The molecule has 1 aromatic heterocycles. The van der Waals surface area contributed by atoms with Gasteiger partial charge in [-0.05, 0) is 93.3 Å². The van der Waals surface area contributed by atoms with Crippen LogP contribution in [-0.2, 0) is 26.2 Å². The summed E-state index contributed by atoms with van der Waals surface area (Å²) in [6.45, 7) is 5.61. The topological polar surface area (TPSA) is 101 Å². The average molecular weight is 671 g/mol. The van der Waals surface area contributed by atoms with Crippen LogP contribution >= 0.6 is 0 Å². The summed E-state index contributed by atoms with van der Waals surface area (Å²) >= 11 is 0. The smallest absolute Gasteiger partial charge is 0.265 e. The van der Waals surface area contributed by atoms with E-state index in [2.05, 4.69) is 56.5 Å². The lowest BCUT2D eigenvalue weighted by molar-refractivity contribution is -0.141. The van der Waals surface area contributed by atoms with Crippen LogP contribution in [0.15, 0.2) is 63.6 Å². The molecule has 2 saturated heterocycles. The van der Waals surface area contributed by atoms with Crippen molar-refractivity contribution in [2.45, 2.75) is 95.7 Å². The van der Waals surface area contributed by atoms with Crippen molar-refractivity contribution in [1.82, 2.24) is 19.1 Å². The highest BCUT2D eigenvalue weighted by atomic mass is 32.2. The van der Waals surface area contributed by atoms with E-state index in [9.17, 15) is 18.0 Å². The third kappa shape index (κ3) is 5.18. The van der Waals surface area contributed by atoms with Gasteiger partial charge in [0, 0.05) is 54.1 Å². The Labute approximate surface area is 283 Å². The quantitative estimate of drug-likeness (QED) is 0.427. The van der Waals surface area contributed by atoms with Crippen LogP contribution in [-0.4, -0.2) is 73.9 Å².